The second-order valence-corrected chi connectivity index (χ2v) is 7.39. The second-order valence-electron chi connectivity index (χ2n) is 7.39. The molecule has 1 amide bonds. The Balaban J connectivity index is 1.63. The number of piperidine rings is 1. The van der Waals surface area contributed by atoms with Gasteiger partial charge in [-0.15, -0.1) is 0 Å². The van der Waals surface area contributed by atoms with Gasteiger partial charge in [0.2, 0.25) is 5.91 Å². The van der Waals surface area contributed by atoms with E-state index in [0.717, 1.165) is 41.4 Å². The predicted octanol–water partition coefficient (Wildman–Crippen LogP) is 3.98. The number of nitrogens with zero attached hydrogens (tertiary/aromatic N) is 4. The minimum Gasteiger partial charge on any atom is -0.370 e. The molecule has 0 radical (unpaired) electrons. The summed E-state index contributed by atoms with van der Waals surface area (Å²) in [4.78, 5) is 15.0. The lowest BCUT2D eigenvalue weighted by molar-refractivity contribution is -0.116. The molecule has 0 bridgehead atoms. The topological polar surface area (TPSA) is 73.9 Å². The van der Waals surface area contributed by atoms with Crippen molar-refractivity contribution in [3.05, 3.63) is 41.2 Å². The number of hydrogen-bond donors (Lipinski definition) is 1. The number of nitrogens with one attached hydrogen (secondary N) is 1. The van der Waals surface area contributed by atoms with Gasteiger partial charge in [-0.2, -0.15) is 10.4 Å². The summed E-state index contributed by atoms with van der Waals surface area (Å²) in [6, 6.07) is 10.2. The average molecular weight is 380 g/mol. The Morgan fingerprint density at radius 2 is 1.96 bits per heavy atom. The zero-order valence-corrected chi connectivity index (χ0v) is 16.9. The van der Waals surface area contributed by atoms with Gasteiger partial charge in [-0.05, 0) is 57.2 Å². The van der Waals surface area contributed by atoms with Crippen molar-refractivity contribution >= 4 is 17.3 Å². The summed E-state index contributed by atoms with van der Waals surface area (Å²) in [6.45, 7) is 6.67. The van der Waals surface area contributed by atoms with E-state index in [4.69, 9.17) is 5.26 Å². The normalized spacial score (nSPS) is 14.0. The van der Waals surface area contributed by atoms with Gasteiger partial charge in [0.05, 0.1) is 36.1 Å². The van der Waals surface area contributed by atoms with Crippen LogP contribution in [0.4, 0.5) is 11.4 Å². The third-order valence-corrected chi connectivity index (χ3v) is 5.44. The molecule has 1 N–H and O–H groups in total. The number of rotatable bonds is 7. The number of anilines is 2. The molecule has 2 heterocycles. The second kappa shape index (κ2) is 9.41. The summed E-state index contributed by atoms with van der Waals surface area (Å²) >= 11 is 0. The number of hydrogen-bond acceptors (Lipinski definition) is 4. The van der Waals surface area contributed by atoms with E-state index in [1.807, 2.05) is 36.7 Å². The first-order valence-electron chi connectivity index (χ1n) is 10.1. The van der Waals surface area contributed by atoms with Crippen LogP contribution in [0.1, 0.15) is 49.1 Å². The summed E-state index contributed by atoms with van der Waals surface area (Å²) in [5.74, 6) is 0.0213. The van der Waals surface area contributed by atoms with Crippen LogP contribution in [0.2, 0.25) is 0 Å². The number of benzene rings is 1. The van der Waals surface area contributed by atoms with Crippen LogP contribution in [0.15, 0.2) is 24.3 Å². The van der Waals surface area contributed by atoms with E-state index in [1.165, 1.54) is 19.3 Å². The molecule has 0 spiro atoms. The average Bonchev–Trinajstić information content (AvgIpc) is 2.98. The van der Waals surface area contributed by atoms with Crippen LogP contribution in [0.25, 0.3) is 0 Å². The molecule has 2 aromatic rings. The van der Waals surface area contributed by atoms with Crippen molar-refractivity contribution in [3.63, 3.8) is 0 Å². The molecule has 1 aliphatic heterocycles. The monoisotopic (exact) mass is 379 g/mol. The molecule has 0 saturated carbocycles. The van der Waals surface area contributed by atoms with Crippen molar-refractivity contribution < 1.29 is 4.79 Å². The van der Waals surface area contributed by atoms with Crippen LogP contribution in [0.3, 0.4) is 0 Å². The Morgan fingerprint density at radius 3 is 2.71 bits per heavy atom. The first-order chi connectivity index (χ1) is 13.6. The fourth-order valence-corrected chi connectivity index (χ4v) is 3.91. The maximum atomic E-state index is 12.6. The molecule has 1 saturated heterocycles. The zero-order chi connectivity index (χ0) is 19.9. The maximum absolute atomic E-state index is 12.6. The van der Waals surface area contributed by atoms with E-state index < -0.39 is 0 Å². The molecule has 0 atom stereocenters. The summed E-state index contributed by atoms with van der Waals surface area (Å²) in [5.41, 5.74) is 5.11. The zero-order valence-electron chi connectivity index (χ0n) is 16.9. The molecule has 1 aromatic carbocycles. The van der Waals surface area contributed by atoms with Crippen LogP contribution in [0.5, 0.6) is 0 Å². The quantitative estimate of drug-likeness (QED) is 0.790. The number of para-hydroxylation sites is 2. The Hall–Kier alpha value is -2.81. The van der Waals surface area contributed by atoms with Crippen molar-refractivity contribution in [1.29, 1.82) is 5.26 Å². The lowest BCUT2D eigenvalue weighted by Gasteiger charge is -2.30. The molecular formula is C22H29N5O. The number of carbonyl (C=O) groups is 1. The first-order valence-corrected chi connectivity index (χ1v) is 10.1. The SMILES string of the molecule is Cc1nn(CCC#N)c(C)c1CCC(=O)Nc1ccccc1N1CCCCC1. The van der Waals surface area contributed by atoms with E-state index in [1.54, 1.807) is 0 Å². The predicted molar refractivity (Wildman–Crippen MR) is 111 cm³/mol. The van der Waals surface area contributed by atoms with Gasteiger partial charge < -0.3 is 10.2 Å². The van der Waals surface area contributed by atoms with Gasteiger partial charge >= 0.3 is 0 Å². The van der Waals surface area contributed by atoms with Gasteiger partial charge in [0.15, 0.2) is 0 Å². The van der Waals surface area contributed by atoms with Gasteiger partial charge in [-0.1, -0.05) is 12.1 Å². The minimum atomic E-state index is 0.0213. The molecule has 1 fully saturated rings. The Bertz CT molecular complexity index is 858. The number of carbonyl (C=O) groups excluding carboxylic acids is 1. The Kier molecular flexibility index (Phi) is 6.70. The van der Waals surface area contributed by atoms with Gasteiger partial charge in [0, 0.05) is 25.2 Å². The highest BCUT2D eigenvalue weighted by atomic mass is 16.1. The molecular weight excluding hydrogens is 350 g/mol. The molecule has 28 heavy (non-hydrogen) atoms. The maximum Gasteiger partial charge on any atom is 0.224 e. The fourth-order valence-electron chi connectivity index (χ4n) is 3.91. The van der Waals surface area contributed by atoms with Gasteiger partial charge in [-0.3, -0.25) is 9.48 Å². The van der Waals surface area contributed by atoms with Crippen molar-refractivity contribution in [2.45, 2.75) is 58.9 Å². The largest absolute Gasteiger partial charge is 0.370 e. The highest BCUT2D eigenvalue weighted by Gasteiger charge is 2.17. The molecule has 1 aromatic heterocycles. The van der Waals surface area contributed by atoms with E-state index >= 15 is 0 Å². The number of aromatic nitrogens is 2. The summed E-state index contributed by atoms with van der Waals surface area (Å²) in [6.07, 6.45) is 5.20. The standard InChI is InChI=1S/C22H29N5O/c1-17-19(18(2)27(25-17)16-8-13-23)11-12-22(28)24-20-9-4-5-10-21(20)26-14-6-3-7-15-26/h4-5,9-10H,3,6-8,11-12,14-16H2,1-2H3,(H,24,28). The Morgan fingerprint density at radius 1 is 1.21 bits per heavy atom. The minimum absolute atomic E-state index is 0.0213. The van der Waals surface area contributed by atoms with Crippen molar-refractivity contribution in [1.82, 2.24) is 9.78 Å². The highest BCUT2D eigenvalue weighted by Crippen LogP contribution is 2.28. The lowest BCUT2D eigenvalue weighted by atomic mass is 10.1. The molecule has 1 aliphatic rings. The van der Waals surface area contributed by atoms with Crippen molar-refractivity contribution in [2.75, 3.05) is 23.3 Å². The molecule has 148 valence electrons. The molecule has 6 nitrogen and oxygen atoms in total. The summed E-state index contributed by atoms with van der Waals surface area (Å²) in [7, 11) is 0. The van der Waals surface area contributed by atoms with Crippen LogP contribution < -0.4 is 10.2 Å². The summed E-state index contributed by atoms with van der Waals surface area (Å²) in [5, 5.41) is 16.4. The molecule has 0 unspecified atom stereocenters. The van der Waals surface area contributed by atoms with Crippen LogP contribution in [-0.4, -0.2) is 28.8 Å². The third kappa shape index (κ3) is 4.72. The van der Waals surface area contributed by atoms with E-state index in [2.05, 4.69) is 27.5 Å². The van der Waals surface area contributed by atoms with Crippen LogP contribution in [-0.2, 0) is 17.8 Å². The third-order valence-electron chi connectivity index (χ3n) is 5.44. The number of nitriles is 1. The lowest BCUT2D eigenvalue weighted by Crippen LogP contribution is -2.30. The fraction of sp³-hybridized carbons (Fsp3) is 0.500. The van der Waals surface area contributed by atoms with Crippen LogP contribution >= 0.6 is 0 Å². The number of aryl methyl sites for hydroxylation is 2. The smallest absolute Gasteiger partial charge is 0.224 e. The van der Waals surface area contributed by atoms with Gasteiger partial charge in [-0.25, -0.2) is 0 Å². The molecule has 6 heteroatoms. The number of amides is 1. The van der Waals surface area contributed by atoms with E-state index in [9.17, 15) is 4.79 Å². The highest BCUT2D eigenvalue weighted by molar-refractivity contribution is 5.94. The van der Waals surface area contributed by atoms with Gasteiger partial charge in [0.1, 0.15) is 0 Å². The van der Waals surface area contributed by atoms with E-state index in [-0.39, 0.29) is 5.91 Å². The summed E-state index contributed by atoms with van der Waals surface area (Å²) < 4.78 is 1.87. The van der Waals surface area contributed by atoms with Gasteiger partial charge in [0.25, 0.3) is 0 Å². The van der Waals surface area contributed by atoms with Crippen molar-refractivity contribution in [2.24, 2.45) is 0 Å². The molecule has 3 rings (SSSR count). The van der Waals surface area contributed by atoms with E-state index in [0.29, 0.717) is 25.8 Å². The first kappa shape index (κ1) is 19.9. The van der Waals surface area contributed by atoms with Crippen molar-refractivity contribution in [3.8, 4) is 6.07 Å². The molecule has 0 aliphatic carbocycles. The Labute approximate surface area is 167 Å². The van der Waals surface area contributed by atoms with Crippen LogP contribution in [0, 0.1) is 25.2 Å².